The van der Waals surface area contributed by atoms with Gasteiger partial charge in [0.2, 0.25) is 11.8 Å². The zero-order valence-corrected chi connectivity index (χ0v) is 22.6. The fourth-order valence-electron chi connectivity index (χ4n) is 7.91. The molecule has 5 atom stereocenters. The maximum atomic E-state index is 11.8. The van der Waals surface area contributed by atoms with Crippen molar-refractivity contribution in [3.8, 4) is 0 Å². The summed E-state index contributed by atoms with van der Waals surface area (Å²) in [6.45, 7) is 8.19. The first-order chi connectivity index (χ1) is 17.5. The summed E-state index contributed by atoms with van der Waals surface area (Å²) in [5.74, 6) is 4.06. The van der Waals surface area contributed by atoms with Gasteiger partial charge in [-0.1, -0.05) is 38.3 Å². The van der Waals surface area contributed by atoms with Crippen molar-refractivity contribution >= 4 is 39.3 Å². The second kappa shape index (κ2) is 10.1. The van der Waals surface area contributed by atoms with E-state index in [1.807, 2.05) is 0 Å². The van der Waals surface area contributed by atoms with Crippen LogP contribution in [0.5, 0.6) is 0 Å². The molecular formula is C29H40N4O2S. The van der Waals surface area contributed by atoms with Crippen LogP contribution in [0.4, 0.5) is 5.82 Å². The van der Waals surface area contributed by atoms with E-state index in [1.165, 1.54) is 72.5 Å². The standard InChI is InChI=1S/C18H25N3S.C11H15NO2/c1-2-6-15(7-3-1)14-20-10-12-21(13-11-20)18-16-8-4-5-9-17(16)22-19-18;1-5-3-6-4-7(5)9-8(6)10(13)12(2)11(9)14/h4-5,8-9,15H,1-3,6-7,10-14H2;5-9H,3-4H2,1-2H3/t;5?,6-,7?,8?,9-/m.1/s1. The van der Waals surface area contributed by atoms with Crippen molar-refractivity contribution in [3.63, 3.8) is 0 Å². The van der Waals surface area contributed by atoms with Crippen LogP contribution in [0.25, 0.3) is 10.1 Å². The van der Waals surface area contributed by atoms with Gasteiger partial charge in [-0.25, -0.2) is 0 Å². The number of hydrogen-bond acceptors (Lipinski definition) is 6. The minimum atomic E-state index is 0.0428. The van der Waals surface area contributed by atoms with Crippen molar-refractivity contribution in [2.45, 2.75) is 51.9 Å². The molecule has 0 spiro atoms. The third-order valence-electron chi connectivity index (χ3n) is 9.84. The van der Waals surface area contributed by atoms with Crippen LogP contribution >= 0.6 is 11.5 Å². The number of piperazine rings is 1. The van der Waals surface area contributed by atoms with E-state index in [0.29, 0.717) is 17.8 Å². The normalized spacial score (nSPS) is 32.8. The number of hydrogen-bond donors (Lipinski definition) is 0. The highest BCUT2D eigenvalue weighted by atomic mass is 32.1. The van der Waals surface area contributed by atoms with E-state index in [4.69, 9.17) is 4.37 Å². The molecule has 7 heteroatoms. The number of rotatable bonds is 3. The van der Waals surface area contributed by atoms with Crippen LogP contribution in [-0.2, 0) is 9.59 Å². The number of carbonyl (C=O) groups is 2. The third-order valence-corrected chi connectivity index (χ3v) is 10.7. The zero-order valence-electron chi connectivity index (χ0n) is 21.8. The highest BCUT2D eigenvalue weighted by molar-refractivity contribution is 7.13. The van der Waals surface area contributed by atoms with Crippen LogP contribution in [0.1, 0.15) is 51.9 Å². The van der Waals surface area contributed by atoms with Crippen molar-refractivity contribution in [2.75, 3.05) is 44.7 Å². The van der Waals surface area contributed by atoms with Gasteiger partial charge in [0.25, 0.3) is 0 Å². The smallest absolute Gasteiger partial charge is 0.233 e. The van der Waals surface area contributed by atoms with Crippen LogP contribution in [0.15, 0.2) is 24.3 Å². The maximum absolute atomic E-state index is 11.8. The van der Waals surface area contributed by atoms with Crippen molar-refractivity contribution in [2.24, 2.45) is 35.5 Å². The van der Waals surface area contributed by atoms with Crippen LogP contribution in [0.3, 0.4) is 0 Å². The third kappa shape index (κ3) is 4.36. The highest BCUT2D eigenvalue weighted by Crippen LogP contribution is 2.58. The second-order valence-corrected chi connectivity index (χ2v) is 12.8. The molecule has 0 radical (unpaired) electrons. The van der Waals surface area contributed by atoms with E-state index >= 15 is 0 Å². The van der Waals surface area contributed by atoms with Gasteiger partial charge in [0.1, 0.15) is 5.82 Å². The lowest BCUT2D eigenvalue weighted by atomic mass is 9.76. The Balaban J connectivity index is 0.000000147. The summed E-state index contributed by atoms with van der Waals surface area (Å²) in [5, 5.41) is 1.33. The Labute approximate surface area is 219 Å². The molecule has 2 aliphatic heterocycles. The summed E-state index contributed by atoms with van der Waals surface area (Å²) in [6, 6.07) is 8.62. The fourth-order valence-corrected chi connectivity index (χ4v) is 8.71. The molecule has 5 fully saturated rings. The minimum Gasteiger partial charge on any atom is -0.353 e. The largest absolute Gasteiger partial charge is 0.353 e. The summed E-state index contributed by atoms with van der Waals surface area (Å²) >= 11 is 1.63. The van der Waals surface area contributed by atoms with E-state index in [2.05, 4.69) is 41.0 Å². The zero-order chi connectivity index (χ0) is 24.8. The molecule has 3 unspecified atom stereocenters. The van der Waals surface area contributed by atoms with E-state index in [9.17, 15) is 9.59 Å². The van der Waals surface area contributed by atoms with Crippen molar-refractivity contribution in [3.05, 3.63) is 24.3 Å². The lowest BCUT2D eigenvalue weighted by molar-refractivity contribution is -0.139. The second-order valence-electron chi connectivity index (χ2n) is 12.0. The molecule has 2 saturated heterocycles. The van der Waals surface area contributed by atoms with E-state index in [1.54, 1.807) is 18.6 Å². The van der Waals surface area contributed by atoms with Crippen molar-refractivity contribution in [1.82, 2.24) is 14.2 Å². The number of fused-ring (bicyclic) bond motifs is 6. The van der Waals surface area contributed by atoms with Crippen molar-refractivity contribution in [1.29, 1.82) is 0 Å². The minimum absolute atomic E-state index is 0.0428. The average Bonchev–Trinajstić information content (AvgIpc) is 3.65. The topological polar surface area (TPSA) is 56.8 Å². The van der Waals surface area contributed by atoms with Gasteiger partial charge in [0, 0.05) is 45.2 Å². The maximum Gasteiger partial charge on any atom is 0.233 e. The average molecular weight is 509 g/mol. The molecule has 2 aromatic rings. The van der Waals surface area contributed by atoms with Crippen LogP contribution in [-0.4, -0.2) is 65.8 Å². The Hall–Kier alpha value is -1.99. The first kappa shape index (κ1) is 24.4. The molecule has 6 nitrogen and oxygen atoms in total. The number of benzene rings is 1. The van der Waals surface area contributed by atoms with Gasteiger partial charge in [-0.2, -0.15) is 4.37 Å². The van der Waals surface area contributed by atoms with Crippen LogP contribution in [0, 0.1) is 35.5 Å². The summed E-state index contributed by atoms with van der Waals surface area (Å²) in [6.07, 6.45) is 9.54. The first-order valence-electron chi connectivity index (χ1n) is 14.1. The van der Waals surface area contributed by atoms with Gasteiger partial charge >= 0.3 is 0 Å². The quantitative estimate of drug-likeness (QED) is 0.553. The number of aromatic nitrogens is 1. The van der Waals surface area contributed by atoms with Crippen molar-refractivity contribution < 1.29 is 9.59 Å². The molecule has 0 N–H and O–H groups in total. The lowest BCUT2D eigenvalue weighted by Crippen LogP contribution is -2.48. The summed E-state index contributed by atoms with van der Waals surface area (Å²) in [4.78, 5) is 30.2. The molecule has 1 aromatic carbocycles. The Morgan fingerprint density at radius 2 is 1.67 bits per heavy atom. The first-order valence-corrected chi connectivity index (χ1v) is 14.9. The summed E-state index contributed by atoms with van der Waals surface area (Å²) in [7, 11) is 1.63. The van der Waals surface area contributed by atoms with Gasteiger partial charge in [-0.15, -0.1) is 0 Å². The molecule has 3 saturated carbocycles. The molecule has 2 bridgehead atoms. The lowest BCUT2D eigenvalue weighted by Gasteiger charge is -2.37. The fraction of sp³-hybridized carbons (Fsp3) is 0.690. The number of nitrogens with zero attached hydrogens (tertiary/aromatic N) is 4. The van der Waals surface area contributed by atoms with Gasteiger partial charge in [0.15, 0.2) is 0 Å². The van der Waals surface area contributed by atoms with E-state index < -0.39 is 0 Å². The number of imide groups is 1. The summed E-state index contributed by atoms with van der Waals surface area (Å²) < 4.78 is 6.02. The van der Waals surface area contributed by atoms with Gasteiger partial charge < -0.3 is 4.90 Å². The number of carbonyl (C=O) groups excluding carboxylic acids is 2. The summed E-state index contributed by atoms with van der Waals surface area (Å²) in [5.41, 5.74) is 0. The number of likely N-dealkylation sites (tertiary alicyclic amines) is 1. The number of amides is 2. The predicted octanol–water partition coefficient (Wildman–Crippen LogP) is 4.89. The Morgan fingerprint density at radius 1 is 0.944 bits per heavy atom. The molecule has 3 heterocycles. The molecule has 7 rings (SSSR count). The monoisotopic (exact) mass is 508 g/mol. The molecule has 36 heavy (non-hydrogen) atoms. The molecule has 194 valence electrons. The van der Waals surface area contributed by atoms with E-state index in [0.717, 1.165) is 31.8 Å². The Bertz CT molecular complexity index is 1100. The molecular weight excluding hydrogens is 468 g/mol. The molecule has 2 amide bonds. The van der Waals surface area contributed by atoms with Gasteiger partial charge in [0.05, 0.1) is 16.5 Å². The van der Waals surface area contributed by atoms with Crippen LogP contribution in [0.2, 0.25) is 0 Å². The van der Waals surface area contributed by atoms with Gasteiger partial charge in [-0.05, 0) is 73.0 Å². The Morgan fingerprint density at radius 3 is 2.44 bits per heavy atom. The Kier molecular flexibility index (Phi) is 6.80. The van der Waals surface area contributed by atoms with Crippen LogP contribution < -0.4 is 4.90 Å². The predicted molar refractivity (Wildman–Crippen MR) is 145 cm³/mol. The van der Waals surface area contributed by atoms with E-state index in [-0.39, 0.29) is 23.7 Å². The highest BCUT2D eigenvalue weighted by Gasteiger charge is 2.61. The molecule has 3 aliphatic carbocycles. The van der Waals surface area contributed by atoms with Gasteiger partial charge in [-0.3, -0.25) is 19.4 Å². The molecule has 1 aromatic heterocycles. The number of anilines is 1. The SMILES string of the molecule is CC1C[C@@H]2CC1[C@H]1C(=O)N(C)C(=O)C21.c1ccc2c(N3CCN(CC4CCCCC4)CC3)nsc2c1. The molecule has 5 aliphatic rings.